The van der Waals surface area contributed by atoms with Crippen LogP contribution in [0, 0.1) is 5.92 Å². The second kappa shape index (κ2) is 9.30. The molecule has 0 fully saturated rings. The number of amides is 1. The van der Waals surface area contributed by atoms with Gasteiger partial charge in [0.1, 0.15) is 10.8 Å². The summed E-state index contributed by atoms with van der Waals surface area (Å²) in [5, 5.41) is 2.45. The molecule has 178 valence electrons. The van der Waals surface area contributed by atoms with Gasteiger partial charge in [0, 0.05) is 13.6 Å². The molecule has 34 heavy (non-hydrogen) atoms. The molecule has 0 bridgehead atoms. The summed E-state index contributed by atoms with van der Waals surface area (Å²) >= 11 is 0. The molecule has 0 aliphatic carbocycles. The van der Waals surface area contributed by atoms with E-state index in [-0.39, 0.29) is 30.1 Å². The molecule has 0 spiro atoms. The van der Waals surface area contributed by atoms with Gasteiger partial charge in [-0.05, 0) is 29.7 Å². The Balaban J connectivity index is 1.64. The maximum absolute atomic E-state index is 13.2. The van der Waals surface area contributed by atoms with Crippen LogP contribution in [0.3, 0.4) is 0 Å². The van der Waals surface area contributed by atoms with Gasteiger partial charge in [0.05, 0.1) is 30.9 Å². The van der Waals surface area contributed by atoms with E-state index < -0.39 is 38.7 Å². The van der Waals surface area contributed by atoms with Crippen LogP contribution in [-0.4, -0.2) is 36.3 Å². The van der Waals surface area contributed by atoms with Gasteiger partial charge >= 0.3 is 5.69 Å². The van der Waals surface area contributed by atoms with E-state index in [1.807, 2.05) is 12.1 Å². The van der Waals surface area contributed by atoms with Crippen LogP contribution in [0.1, 0.15) is 16.7 Å². The van der Waals surface area contributed by atoms with Gasteiger partial charge in [0.2, 0.25) is 5.91 Å². The zero-order valence-electron chi connectivity index (χ0n) is 18.9. The van der Waals surface area contributed by atoms with Crippen LogP contribution in [0.5, 0.6) is 5.75 Å². The molecular formula is C24H25N3O6S. The summed E-state index contributed by atoms with van der Waals surface area (Å²) in [6.07, 6.45) is -0.0692. The summed E-state index contributed by atoms with van der Waals surface area (Å²) in [5.41, 5.74) is 0.0889. The predicted octanol–water partition coefficient (Wildman–Crippen LogP) is 0.866. The molecule has 1 aliphatic rings. The van der Waals surface area contributed by atoms with E-state index in [1.165, 1.54) is 7.05 Å². The number of carbonyl (C=O) groups is 1. The van der Waals surface area contributed by atoms with Crippen molar-refractivity contribution in [2.45, 2.75) is 24.5 Å². The fourth-order valence-electron chi connectivity index (χ4n) is 4.22. The zero-order valence-corrected chi connectivity index (χ0v) is 19.7. The summed E-state index contributed by atoms with van der Waals surface area (Å²) in [6, 6.07) is 16.1. The van der Waals surface area contributed by atoms with Crippen LogP contribution < -0.4 is 21.3 Å². The van der Waals surface area contributed by atoms with E-state index in [9.17, 15) is 22.8 Å². The van der Waals surface area contributed by atoms with Gasteiger partial charge in [0.25, 0.3) is 5.56 Å². The lowest BCUT2D eigenvalue weighted by Crippen LogP contribution is -2.48. The van der Waals surface area contributed by atoms with E-state index in [1.54, 1.807) is 49.6 Å². The maximum Gasteiger partial charge on any atom is 0.332 e. The zero-order chi connectivity index (χ0) is 24.5. The maximum atomic E-state index is 13.2. The lowest BCUT2D eigenvalue weighted by molar-refractivity contribution is -0.124. The van der Waals surface area contributed by atoms with Crippen molar-refractivity contribution in [2.24, 2.45) is 13.0 Å². The molecule has 4 rings (SSSR count). The number of hydrogen-bond acceptors (Lipinski definition) is 6. The lowest BCUT2D eigenvalue weighted by atomic mass is 10.0. The molecule has 0 saturated carbocycles. The van der Waals surface area contributed by atoms with Crippen molar-refractivity contribution in [3.63, 3.8) is 0 Å². The molecule has 2 heterocycles. The van der Waals surface area contributed by atoms with Gasteiger partial charge in [-0.15, -0.1) is 0 Å². The standard InChI is InChI=1S/C24H25N3O6S/c1-26-23-20(22(29)27(24(26)30)14-16-7-4-3-5-8-16)12-18(15-34(23,31)32)21(28)25-13-17-9-6-10-19(11-17)33-2/h3-11,18H,12-15H2,1-2H3,(H,25,28). The third-order valence-corrected chi connectivity index (χ3v) is 7.86. The fraction of sp³-hybridized carbons (Fsp3) is 0.292. The second-order valence-corrected chi connectivity index (χ2v) is 10.2. The van der Waals surface area contributed by atoms with Gasteiger partial charge in [0.15, 0.2) is 9.84 Å². The van der Waals surface area contributed by atoms with Crippen molar-refractivity contribution < 1.29 is 17.9 Å². The Bertz CT molecular complexity index is 1460. The number of nitrogens with zero attached hydrogens (tertiary/aromatic N) is 2. The quantitative estimate of drug-likeness (QED) is 0.520. The minimum absolute atomic E-state index is 0.00633. The molecule has 1 atom stereocenters. The number of methoxy groups -OCH3 is 1. The number of benzene rings is 2. The van der Waals surface area contributed by atoms with Crippen LogP contribution in [0.25, 0.3) is 0 Å². The molecule has 10 heteroatoms. The highest BCUT2D eigenvalue weighted by atomic mass is 32.2. The van der Waals surface area contributed by atoms with Gasteiger partial charge in [-0.1, -0.05) is 42.5 Å². The summed E-state index contributed by atoms with van der Waals surface area (Å²) < 4.78 is 33.3. The Kier molecular flexibility index (Phi) is 6.43. The number of fused-ring (bicyclic) bond motifs is 1. The predicted molar refractivity (Wildman–Crippen MR) is 126 cm³/mol. The van der Waals surface area contributed by atoms with E-state index in [0.717, 1.165) is 20.3 Å². The third-order valence-electron chi connectivity index (χ3n) is 5.90. The third kappa shape index (κ3) is 4.54. The van der Waals surface area contributed by atoms with E-state index in [2.05, 4.69) is 5.32 Å². The number of nitrogens with one attached hydrogen (secondary N) is 1. The molecule has 0 radical (unpaired) electrons. The number of sulfone groups is 1. The first-order valence-electron chi connectivity index (χ1n) is 10.7. The van der Waals surface area contributed by atoms with Crippen LogP contribution >= 0.6 is 0 Å². The SMILES string of the molecule is COc1cccc(CNC(=O)C2Cc3c(n(C)c(=O)n(Cc4ccccc4)c3=O)S(=O)(=O)C2)c1. The normalized spacial score (nSPS) is 16.5. The van der Waals surface area contributed by atoms with Crippen LogP contribution in [0.15, 0.2) is 69.2 Å². The van der Waals surface area contributed by atoms with Gasteiger partial charge in [-0.25, -0.2) is 13.2 Å². The summed E-state index contributed by atoms with van der Waals surface area (Å²) in [5.74, 6) is -1.25. The van der Waals surface area contributed by atoms with E-state index in [0.29, 0.717) is 5.75 Å². The minimum Gasteiger partial charge on any atom is -0.497 e. The Morgan fingerprint density at radius 2 is 1.79 bits per heavy atom. The highest BCUT2D eigenvalue weighted by molar-refractivity contribution is 7.91. The molecule has 1 N–H and O–H groups in total. The average molecular weight is 484 g/mol. The first-order valence-corrected chi connectivity index (χ1v) is 12.4. The van der Waals surface area contributed by atoms with Crippen molar-refractivity contribution >= 4 is 15.7 Å². The monoisotopic (exact) mass is 483 g/mol. The Morgan fingerprint density at radius 1 is 1.09 bits per heavy atom. The van der Waals surface area contributed by atoms with E-state index in [4.69, 9.17) is 4.74 Å². The van der Waals surface area contributed by atoms with Crippen molar-refractivity contribution in [1.29, 1.82) is 0 Å². The number of aromatic nitrogens is 2. The van der Waals surface area contributed by atoms with Gasteiger partial charge in [-0.2, -0.15) is 0 Å². The van der Waals surface area contributed by atoms with Crippen LogP contribution in [-0.2, 0) is 41.2 Å². The van der Waals surface area contributed by atoms with Crippen molar-refractivity contribution in [1.82, 2.24) is 14.5 Å². The number of rotatable bonds is 6. The highest BCUT2D eigenvalue weighted by Gasteiger charge is 2.38. The molecule has 1 aliphatic heterocycles. The van der Waals surface area contributed by atoms with Crippen molar-refractivity contribution in [3.8, 4) is 5.75 Å². The molecular weight excluding hydrogens is 458 g/mol. The molecule has 9 nitrogen and oxygen atoms in total. The largest absolute Gasteiger partial charge is 0.497 e. The smallest absolute Gasteiger partial charge is 0.332 e. The Morgan fingerprint density at radius 3 is 2.50 bits per heavy atom. The lowest BCUT2D eigenvalue weighted by Gasteiger charge is -2.25. The first kappa shape index (κ1) is 23.5. The second-order valence-electron chi connectivity index (χ2n) is 8.25. The Hall–Kier alpha value is -3.66. The number of ether oxygens (including phenoxy) is 1. The van der Waals surface area contributed by atoms with Crippen molar-refractivity contribution in [2.75, 3.05) is 12.9 Å². The van der Waals surface area contributed by atoms with Crippen molar-refractivity contribution in [3.05, 3.63) is 92.1 Å². The first-order chi connectivity index (χ1) is 16.2. The molecule has 3 aromatic rings. The number of hydrogen-bond donors (Lipinski definition) is 1. The molecule has 1 unspecified atom stereocenters. The summed E-state index contributed by atoms with van der Waals surface area (Å²) in [4.78, 5) is 39.0. The minimum atomic E-state index is -4.03. The molecule has 2 aromatic carbocycles. The highest BCUT2D eigenvalue weighted by Crippen LogP contribution is 2.25. The topological polar surface area (TPSA) is 116 Å². The van der Waals surface area contributed by atoms with Crippen LogP contribution in [0.4, 0.5) is 0 Å². The van der Waals surface area contributed by atoms with Gasteiger partial charge in [-0.3, -0.25) is 18.7 Å². The van der Waals surface area contributed by atoms with Crippen LogP contribution in [0.2, 0.25) is 0 Å². The summed E-state index contributed by atoms with van der Waals surface area (Å²) in [7, 11) is -1.15. The average Bonchev–Trinajstić information content (AvgIpc) is 2.83. The Labute approximate surface area is 196 Å². The van der Waals surface area contributed by atoms with Gasteiger partial charge < -0.3 is 10.1 Å². The fourth-order valence-corrected chi connectivity index (χ4v) is 6.22. The van der Waals surface area contributed by atoms with E-state index >= 15 is 0 Å². The molecule has 0 saturated heterocycles. The molecule has 1 amide bonds. The number of carbonyl (C=O) groups excluding carboxylic acids is 1. The summed E-state index contributed by atoms with van der Waals surface area (Å²) in [6.45, 7) is 0.192. The molecule has 1 aromatic heterocycles.